The van der Waals surface area contributed by atoms with Crippen LogP contribution in [0.3, 0.4) is 0 Å². The maximum Gasteiger partial charge on any atom is 0.307 e. The molecule has 1 aliphatic heterocycles. The van der Waals surface area contributed by atoms with Crippen molar-refractivity contribution in [3.05, 3.63) is 18.6 Å². The minimum absolute atomic E-state index is 0.287. The van der Waals surface area contributed by atoms with E-state index in [1.54, 1.807) is 0 Å². The smallest absolute Gasteiger partial charge is 0.307 e. The van der Waals surface area contributed by atoms with Gasteiger partial charge >= 0.3 is 5.97 Å². The SMILES string of the molecule is CC1CCC(C(=O)O)CN1N(C)c1ncnc2[nH]ccc12. The molecule has 0 radical (unpaired) electrons. The lowest BCUT2D eigenvalue weighted by Gasteiger charge is -2.42. The summed E-state index contributed by atoms with van der Waals surface area (Å²) < 4.78 is 0. The van der Waals surface area contributed by atoms with Crippen LogP contribution in [-0.4, -0.2) is 50.7 Å². The average molecular weight is 289 g/mol. The number of hydrazine groups is 1. The van der Waals surface area contributed by atoms with Gasteiger partial charge in [-0.2, -0.15) is 0 Å². The predicted molar refractivity (Wildman–Crippen MR) is 78.8 cm³/mol. The Morgan fingerprint density at radius 3 is 3.05 bits per heavy atom. The van der Waals surface area contributed by atoms with E-state index in [0.29, 0.717) is 6.54 Å². The molecule has 112 valence electrons. The molecule has 2 atom stereocenters. The number of rotatable bonds is 3. The van der Waals surface area contributed by atoms with E-state index in [1.165, 1.54) is 6.33 Å². The largest absolute Gasteiger partial charge is 0.481 e. The number of fused-ring (bicyclic) bond motifs is 1. The first-order valence-electron chi connectivity index (χ1n) is 7.09. The fourth-order valence-electron chi connectivity index (χ4n) is 2.95. The number of piperidine rings is 1. The second-order valence-corrected chi connectivity index (χ2v) is 5.54. The van der Waals surface area contributed by atoms with E-state index in [0.717, 1.165) is 29.7 Å². The number of aromatic nitrogens is 3. The van der Waals surface area contributed by atoms with Gasteiger partial charge in [-0.25, -0.2) is 15.0 Å². The highest BCUT2D eigenvalue weighted by atomic mass is 16.4. The Morgan fingerprint density at radius 1 is 1.48 bits per heavy atom. The number of carbonyl (C=O) groups is 1. The average Bonchev–Trinajstić information content (AvgIpc) is 2.95. The third kappa shape index (κ3) is 2.44. The number of aliphatic carboxylic acids is 1. The van der Waals surface area contributed by atoms with Crippen LogP contribution >= 0.6 is 0 Å². The van der Waals surface area contributed by atoms with Crippen molar-refractivity contribution < 1.29 is 9.90 Å². The summed E-state index contributed by atoms with van der Waals surface area (Å²) in [6.07, 6.45) is 4.94. The molecule has 7 nitrogen and oxygen atoms in total. The Balaban J connectivity index is 1.91. The summed E-state index contributed by atoms with van der Waals surface area (Å²) in [4.78, 5) is 22.9. The first-order valence-corrected chi connectivity index (χ1v) is 7.09. The zero-order valence-corrected chi connectivity index (χ0v) is 12.2. The van der Waals surface area contributed by atoms with Crippen molar-refractivity contribution in [2.24, 2.45) is 5.92 Å². The number of carboxylic acid groups (broad SMARTS) is 1. The van der Waals surface area contributed by atoms with Crippen molar-refractivity contribution in [1.82, 2.24) is 20.0 Å². The van der Waals surface area contributed by atoms with Crippen LogP contribution in [0, 0.1) is 5.92 Å². The molecule has 1 aliphatic rings. The van der Waals surface area contributed by atoms with Crippen LogP contribution < -0.4 is 5.01 Å². The van der Waals surface area contributed by atoms with Gasteiger partial charge in [0.25, 0.3) is 0 Å². The van der Waals surface area contributed by atoms with Crippen LogP contribution in [0.1, 0.15) is 19.8 Å². The van der Waals surface area contributed by atoms with Crippen molar-refractivity contribution >= 4 is 22.8 Å². The summed E-state index contributed by atoms with van der Waals surface area (Å²) in [7, 11) is 1.93. The van der Waals surface area contributed by atoms with Gasteiger partial charge in [-0.05, 0) is 25.8 Å². The van der Waals surface area contributed by atoms with Crippen LogP contribution in [0.4, 0.5) is 5.82 Å². The van der Waals surface area contributed by atoms with E-state index in [4.69, 9.17) is 0 Å². The fraction of sp³-hybridized carbons (Fsp3) is 0.500. The summed E-state index contributed by atoms with van der Waals surface area (Å²) in [5.41, 5.74) is 0.784. The zero-order chi connectivity index (χ0) is 15.0. The molecule has 0 aromatic carbocycles. The van der Waals surface area contributed by atoms with Crippen LogP contribution in [0.15, 0.2) is 18.6 Å². The lowest BCUT2D eigenvalue weighted by atomic mass is 9.95. The normalized spacial score (nSPS) is 23.3. The Morgan fingerprint density at radius 2 is 2.29 bits per heavy atom. The van der Waals surface area contributed by atoms with E-state index < -0.39 is 5.97 Å². The standard InChI is InChI=1S/C14H19N5O2/c1-9-3-4-10(14(20)21)7-19(9)18(2)13-11-5-6-15-12(11)16-8-17-13/h5-6,8-10H,3-4,7H2,1-2H3,(H,20,21)(H,15,16,17). The third-order valence-electron chi connectivity index (χ3n) is 4.22. The fourth-order valence-corrected chi connectivity index (χ4v) is 2.95. The number of nitrogens with one attached hydrogen (secondary N) is 1. The molecule has 0 aliphatic carbocycles. The lowest BCUT2D eigenvalue weighted by molar-refractivity contribution is -0.144. The summed E-state index contributed by atoms with van der Waals surface area (Å²) >= 11 is 0. The molecule has 0 amide bonds. The summed E-state index contributed by atoms with van der Waals surface area (Å²) in [5.74, 6) is -0.263. The number of anilines is 1. The lowest BCUT2D eigenvalue weighted by Crippen LogP contribution is -2.52. The zero-order valence-electron chi connectivity index (χ0n) is 12.2. The molecule has 2 aromatic rings. The van der Waals surface area contributed by atoms with E-state index in [-0.39, 0.29) is 12.0 Å². The first kappa shape index (κ1) is 13.8. The van der Waals surface area contributed by atoms with Gasteiger partial charge in [0.05, 0.1) is 11.3 Å². The van der Waals surface area contributed by atoms with Gasteiger partial charge in [0.1, 0.15) is 12.0 Å². The van der Waals surface area contributed by atoms with E-state index >= 15 is 0 Å². The van der Waals surface area contributed by atoms with Crippen molar-refractivity contribution in [2.45, 2.75) is 25.8 Å². The molecule has 2 unspecified atom stereocenters. The summed E-state index contributed by atoms with van der Waals surface area (Å²) in [6, 6.07) is 2.22. The molecule has 0 spiro atoms. The maximum absolute atomic E-state index is 11.3. The summed E-state index contributed by atoms with van der Waals surface area (Å²) in [6.45, 7) is 2.62. The highest BCUT2D eigenvalue weighted by Gasteiger charge is 2.32. The topological polar surface area (TPSA) is 85.3 Å². The number of hydrogen-bond acceptors (Lipinski definition) is 5. The molecule has 1 saturated heterocycles. The molecular formula is C14H19N5O2. The van der Waals surface area contributed by atoms with Crippen molar-refractivity contribution in [3.8, 4) is 0 Å². The van der Waals surface area contributed by atoms with Crippen LogP contribution in [0.25, 0.3) is 11.0 Å². The number of nitrogens with zero attached hydrogens (tertiary/aromatic N) is 4. The summed E-state index contributed by atoms with van der Waals surface area (Å²) in [5, 5.41) is 14.2. The Hall–Kier alpha value is -2.15. The van der Waals surface area contributed by atoms with Gasteiger partial charge in [-0.1, -0.05) is 0 Å². The molecule has 0 bridgehead atoms. The maximum atomic E-state index is 11.3. The monoisotopic (exact) mass is 289 g/mol. The van der Waals surface area contributed by atoms with E-state index in [2.05, 4.69) is 26.9 Å². The van der Waals surface area contributed by atoms with Crippen molar-refractivity contribution in [2.75, 3.05) is 18.6 Å². The minimum atomic E-state index is -0.727. The highest BCUT2D eigenvalue weighted by Crippen LogP contribution is 2.28. The molecule has 2 N–H and O–H groups in total. The van der Waals surface area contributed by atoms with Crippen molar-refractivity contribution in [3.63, 3.8) is 0 Å². The molecule has 21 heavy (non-hydrogen) atoms. The highest BCUT2D eigenvalue weighted by molar-refractivity contribution is 5.86. The molecular weight excluding hydrogens is 270 g/mol. The number of aromatic amines is 1. The van der Waals surface area contributed by atoms with Gasteiger partial charge in [0.15, 0.2) is 5.82 Å². The number of H-pyrrole nitrogens is 1. The van der Waals surface area contributed by atoms with Gasteiger partial charge in [-0.3, -0.25) is 9.80 Å². The van der Waals surface area contributed by atoms with Gasteiger partial charge in [0.2, 0.25) is 0 Å². The predicted octanol–water partition coefficient (Wildman–Crippen LogP) is 1.49. The van der Waals surface area contributed by atoms with Crippen LogP contribution in [0.5, 0.6) is 0 Å². The van der Waals surface area contributed by atoms with Crippen LogP contribution in [0.2, 0.25) is 0 Å². The van der Waals surface area contributed by atoms with Gasteiger partial charge in [0, 0.05) is 25.8 Å². The Labute approximate surface area is 122 Å². The molecule has 3 heterocycles. The number of carboxylic acids is 1. The van der Waals surface area contributed by atoms with Crippen LogP contribution in [-0.2, 0) is 4.79 Å². The molecule has 3 rings (SSSR count). The number of hydrogen-bond donors (Lipinski definition) is 2. The van der Waals surface area contributed by atoms with Gasteiger partial charge < -0.3 is 10.1 Å². The molecule has 1 fully saturated rings. The minimum Gasteiger partial charge on any atom is -0.481 e. The van der Waals surface area contributed by atoms with Crippen molar-refractivity contribution in [1.29, 1.82) is 0 Å². The molecule has 7 heteroatoms. The van der Waals surface area contributed by atoms with E-state index in [9.17, 15) is 9.90 Å². The Kier molecular flexibility index (Phi) is 3.50. The third-order valence-corrected chi connectivity index (χ3v) is 4.22. The van der Waals surface area contributed by atoms with E-state index in [1.807, 2.05) is 24.3 Å². The first-order chi connectivity index (χ1) is 10.1. The second kappa shape index (κ2) is 5.33. The Bertz CT molecular complexity index is 656. The second-order valence-electron chi connectivity index (χ2n) is 5.54. The molecule has 0 saturated carbocycles. The van der Waals surface area contributed by atoms with Gasteiger partial charge in [-0.15, -0.1) is 0 Å². The quantitative estimate of drug-likeness (QED) is 0.890. The molecule has 2 aromatic heterocycles.